The van der Waals surface area contributed by atoms with Crippen LogP contribution in [0.3, 0.4) is 0 Å². The minimum atomic E-state index is -3.30. The second-order valence-electron chi connectivity index (χ2n) is 8.72. The molecule has 2 atom stereocenters. The number of sulfonamides is 1. The Kier molecular flexibility index (Phi) is 7.26. The third-order valence-electron chi connectivity index (χ3n) is 6.35. The molecule has 2 fully saturated rings. The zero-order chi connectivity index (χ0) is 21.8. The summed E-state index contributed by atoms with van der Waals surface area (Å²) in [6.45, 7) is 3.27. The number of ether oxygens (including phenoxy) is 1. The molecule has 1 aromatic carbocycles. The average molecular weight is 465 g/mol. The van der Waals surface area contributed by atoms with Crippen molar-refractivity contribution in [3.8, 4) is 0 Å². The highest BCUT2D eigenvalue weighted by atomic mass is 32.2. The van der Waals surface area contributed by atoms with Gasteiger partial charge in [0.25, 0.3) is 0 Å². The number of piperidine rings is 1. The Balaban J connectivity index is 1.40. The molecule has 2 heterocycles. The summed E-state index contributed by atoms with van der Waals surface area (Å²) in [6.07, 6.45) is 7.49. The average Bonchev–Trinajstić information content (AvgIpc) is 3.19. The van der Waals surface area contributed by atoms with E-state index in [9.17, 15) is 8.42 Å². The number of aromatic nitrogens is 2. The monoisotopic (exact) mass is 464 g/mol. The zero-order valence-electron chi connectivity index (χ0n) is 18.2. The molecule has 4 rings (SSSR count). The highest BCUT2D eigenvalue weighted by molar-refractivity contribution is 7.88. The van der Waals surface area contributed by atoms with Crippen molar-refractivity contribution in [3.05, 3.63) is 40.9 Å². The fourth-order valence-corrected chi connectivity index (χ4v) is 6.43. The third-order valence-corrected chi connectivity index (χ3v) is 7.96. The van der Waals surface area contributed by atoms with E-state index in [2.05, 4.69) is 50.2 Å². The van der Waals surface area contributed by atoms with Crippen molar-refractivity contribution in [1.29, 1.82) is 0 Å². The van der Waals surface area contributed by atoms with Gasteiger partial charge in [0.1, 0.15) is 5.01 Å². The van der Waals surface area contributed by atoms with Crippen LogP contribution in [0.1, 0.15) is 55.0 Å². The van der Waals surface area contributed by atoms with Crippen LogP contribution in [0.15, 0.2) is 30.3 Å². The highest BCUT2D eigenvalue weighted by Crippen LogP contribution is 2.35. The molecule has 31 heavy (non-hydrogen) atoms. The van der Waals surface area contributed by atoms with Gasteiger partial charge in [-0.05, 0) is 56.9 Å². The number of hydrogen-bond acceptors (Lipinski definition) is 7. The van der Waals surface area contributed by atoms with Gasteiger partial charge in [-0.2, -0.15) is 0 Å². The van der Waals surface area contributed by atoms with Gasteiger partial charge in [0.05, 0.1) is 25.0 Å². The molecular formula is C22H32N4O3S2. The van der Waals surface area contributed by atoms with Gasteiger partial charge in [0.2, 0.25) is 15.2 Å². The molecule has 2 aromatic rings. The van der Waals surface area contributed by atoms with Crippen molar-refractivity contribution in [1.82, 2.24) is 14.9 Å². The van der Waals surface area contributed by atoms with Gasteiger partial charge in [-0.15, -0.1) is 10.2 Å². The number of hydrogen-bond donors (Lipinski definition) is 1. The van der Waals surface area contributed by atoms with Gasteiger partial charge in [-0.3, -0.25) is 0 Å². The van der Waals surface area contributed by atoms with E-state index >= 15 is 0 Å². The van der Waals surface area contributed by atoms with E-state index < -0.39 is 10.0 Å². The minimum Gasteiger partial charge on any atom is -0.376 e. The van der Waals surface area contributed by atoms with E-state index in [4.69, 9.17) is 4.74 Å². The second kappa shape index (κ2) is 9.94. The first-order valence-corrected chi connectivity index (χ1v) is 13.8. The molecule has 0 radical (unpaired) electrons. The molecule has 1 saturated heterocycles. The normalized spacial score (nSPS) is 27.4. The number of benzene rings is 1. The number of nitrogens with zero attached hydrogens (tertiary/aromatic N) is 3. The van der Waals surface area contributed by atoms with Crippen LogP contribution in [0.4, 0.5) is 5.13 Å². The van der Waals surface area contributed by atoms with Crippen LogP contribution >= 0.6 is 11.3 Å². The van der Waals surface area contributed by atoms with E-state index in [0.29, 0.717) is 12.5 Å². The largest absolute Gasteiger partial charge is 0.376 e. The van der Waals surface area contributed by atoms with Crippen molar-refractivity contribution >= 4 is 26.5 Å². The Morgan fingerprint density at radius 3 is 2.52 bits per heavy atom. The predicted octanol–water partition coefficient (Wildman–Crippen LogP) is 3.48. The van der Waals surface area contributed by atoms with Crippen LogP contribution in [0.25, 0.3) is 0 Å². The molecule has 1 N–H and O–H groups in total. The topological polar surface area (TPSA) is 84.4 Å². The van der Waals surface area contributed by atoms with Crippen LogP contribution in [0.5, 0.6) is 0 Å². The maximum absolute atomic E-state index is 12.0. The maximum Gasteiger partial charge on any atom is 0.209 e. The van der Waals surface area contributed by atoms with Crippen LogP contribution < -0.4 is 9.62 Å². The molecule has 7 nitrogen and oxygen atoms in total. The predicted molar refractivity (Wildman–Crippen MR) is 124 cm³/mol. The fraction of sp³-hybridized carbons (Fsp3) is 0.636. The summed E-state index contributed by atoms with van der Waals surface area (Å²) >= 11 is 1.55. The second-order valence-corrected chi connectivity index (χ2v) is 11.7. The molecule has 9 heteroatoms. The Bertz CT molecular complexity index is 943. The lowest BCUT2D eigenvalue weighted by Crippen LogP contribution is -2.57. The fourth-order valence-electron chi connectivity index (χ4n) is 4.84. The quantitative estimate of drug-likeness (QED) is 0.675. The minimum absolute atomic E-state index is 0.0809. The van der Waals surface area contributed by atoms with Gasteiger partial charge in [0.15, 0.2) is 0 Å². The molecule has 0 bridgehead atoms. The third kappa shape index (κ3) is 6.03. The highest BCUT2D eigenvalue weighted by Gasteiger charge is 2.36. The van der Waals surface area contributed by atoms with Crippen LogP contribution in [-0.4, -0.2) is 56.2 Å². The summed E-state index contributed by atoms with van der Waals surface area (Å²) in [6, 6.07) is 10.5. The van der Waals surface area contributed by atoms with E-state index in [1.807, 2.05) is 6.92 Å². The molecular weight excluding hydrogens is 432 g/mol. The molecule has 2 aliphatic rings. The summed E-state index contributed by atoms with van der Waals surface area (Å²) in [4.78, 5) is 2.19. The van der Waals surface area contributed by atoms with Gasteiger partial charge in [-0.25, -0.2) is 13.1 Å². The first-order chi connectivity index (χ1) is 14.9. The van der Waals surface area contributed by atoms with Crippen molar-refractivity contribution < 1.29 is 13.2 Å². The Morgan fingerprint density at radius 1 is 1.13 bits per heavy atom. The number of anilines is 1. The lowest BCUT2D eigenvalue weighted by atomic mass is 9.83. The molecule has 1 aromatic heterocycles. The van der Waals surface area contributed by atoms with Gasteiger partial charge in [-0.1, -0.05) is 41.7 Å². The van der Waals surface area contributed by atoms with E-state index in [0.717, 1.165) is 55.2 Å². The lowest BCUT2D eigenvalue weighted by molar-refractivity contribution is 0.0102. The summed E-state index contributed by atoms with van der Waals surface area (Å²) in [7, 11) is -3.30. The first kappa shape index (κ1) is 22.6. The SMILES string of the molecule is Cc1nnc(N2CCC[C@H](NS(C)(=O)=O)[C@@H]2CO[C@H]2CC[C@@H](c3ccccc3)CC2)s1. The molecule has 0 amide bonds. The lowest BCUT2D eigenvalue weighted by Gasteiger charge is -2.41. The Hall–Kier alpha value is -1.55. The number of aryl methyl sites for hydroxylation is 1. The number of rotatable bonds is 7. The maximum atomic E-state index is 12.0. The summed E-state index contributed by atoms with van der Waals surface area (Å²) < 4.78 is 33.2. The van der Waals surface area contributed by atoms with Crippen LogP contribution in [0, 0.1) is 6.92 Å². The molecule has 1 saturated carbocycles. The Morgan fingerprint density at radius 2 is 1.87 bits per heavy atom. The molecule has 0 unspecified atom stereocenters. The van der Waals surface area contributed by atoms with E-state index in [-0.39, 0.29) is 18.2 Å². The zero-order valence-corrected chi connectivity index (χ0v) is 19.9. The van der Waals surface area contributed by atoms with E-state index in [1.165, 1.54) is 11.8 Å². The van der Waals surface area contributed by atoms with Gasteiger partial charge >= 0.3 is 0 Å². The summed E-state index contributed by atoms with van der Waals surface area (Å²) in [5, 5.41) is 10.2. The van der Waals surface area contributed by atoms with Crippen LogP contribution in [-0.2, 0) is 14.8 Å². The molecule has 170 valence electrons. The summed E-state index contributed by atoms with van der Waals surface area (Å²) in [5.74, 6) is 0.608. The summed E-state index contributed by atoms with van der Waals surface area (Å²) in [5.41, 5.74) is 1.42. The van der Waals surface area contributed by atoms with E-state index in [1.54, 1.807) is 11.3 Å². The smallest absolute Gasteiger partial charge is 0.209 e. The van der Waals surface area contributed by atoms with Crippen LogP contribution in [0.2, 0.25) is 0 Å². The molecule has 1 aliphatic heterocycles. The van der Waals surface area contributed by atoms with Crippen molar-refractivity contribution in [3.63, 3.8) is 0 Å². The van der Waals surface area contributed by atoms with Crippen molar-refractivity contribution in [2.45, 2.75) is 69.6 Å². The molecule has 1 aliphatic carbocycles. The number of nitrogens with one attached hydrogen (secondary N) is 1. The van der Waals surface area contributed by atoms with Crippen molar-refractivity contribution in [2.75, 3.05) is 24.3 Å². The first-order valence-electron chi connectivity index (χ1n) is 11.1. The van der Waals surface area contributed by atoms with Gasteiger partial charge in [0, 0.05) is 12.6 Å². The molecule has 0 spiro atoms. The van der Waals surface area contributed by atoms with Crippen molar-refractivity contribution in [2.24, 2.45) is 0 Å². The standard InChI is InChI=1S/C22H32N4O3S2/c1-16-23-24-22(30-16)26-14-6-9-20(25-31(2,27)28)21(26)15-29-19-12-10-18(11-13-19)17-7-4-3-5-8-17/h3-5,7-8,18-21,25H,6,9-15H2,1-2H3/t18-,19+,20-,21-/m0/s1. The Labute approximate surface area is 189 Å². The van der Waals surface area contributed by atoms with Gasteiger partial charge < -0.3 is 9.64 Å².